The Morgan fingerprint density at radius 1 is 0.692 bits per heavy atom. The van der Waals surface area contributed by atoms with Crippen molar-refractivity contribution >= 4 is 21.6 Å². The van der Waals surface area contributed by atoms with Crippen LogP contribution in [0.1, 0.15) is 0 Å². The van der Waals surface area contributed by atoms with Gasteiger partial charge in [0.2, 0.25) is 5.13 Å². The summed E-state index contributed by atoms with van der Waals surface area (Å²) in [6, 6.07) is 30.9. The van der Waals surface area contributed by atoms with Gasteiger partial charge in [-0.2, -0.15) is 5.10 Å². The van der Waals surface area contributed by atoms with Gasteiger partial charge in [0.1, 0.15) is 0 Å². The Labute approximate surface area is 155 Å². The highest BCUT2D eigenvalue weighted by Crippen LogP contribution is 2.32. The third kappa shape index (κ3) is 2.61. The lowest BCUT2D eigenvalue weighted by Crippen LogP contribution is -1.98. The van der Waals surface area contributed by atoms with Gasteiger partial charge in [-0.25, -0.2) is 9.67 Å². The summed E-state index contributed by atoms with van der Waals surface area (Å²) in [5.41, 5.74) is 5.22. The molecule has 5 rings (SSSR count). The third-order valence-corrected chi connectivity index (χ3v) is 5.32. The largest absolute Gasteiger partial charge is 0.218 e. The summed E-state index contributed by atoms with van der Waals surface area (Å²) in [5.74, 6) is 0. The zero-order valence-electron chi connectivity index (χ0n) is 13.9. The number of para-hydroxylation sites is 1. The van der Waals surface area contributed by atoms with E-state index in [9.17, 15) is 0 Å². The van der Waals surface area contributed by atoms with Crippen molar-refractivity contribution in [3.8, 4) is 27.6 Å². The van der Waals surface area contributed by atoms with E-state index in [1.807, 2.05) is 59.3 Å². The first-order chi connectivity index (χ1) is 12.9. The molecule has 0 atom stereocenters. The van der Waals surface area contributed by atoms with Crippen molar-refractivity contribution < 1.29 is 0 Å². The van der Waals surface area contributed by atoms with Gasteiger partial charge in [0.05, 0.1) is 21.6 Å². The first-order valence-corrected chi connectivity index (χ1v) is 9.27. The van der Waals surface area contributed by atoms with Gasteiger partial charge in [-0.15, -0.1) is 0 Å². The quantitative estimate of drug-likeness (QED) is 0.409. The van der Waals surface area contributed by atoms with E-state index in [4.69, 9.17) is 10.1 Å². The Morgan fingerprint density at radius 2 is 1.35 bits per heavy atom. The summed E-state index contributed by atoms with van der Waals surface area (Å²) in [6.45, 7) is 0. The summed E-state index contributed by atoms with van der Waals surface area (Å²) in [6.07, 6.45) is 0. The zero-order chi connectivity index (χ0) is 17.3. The molecule has 0 saturated carbocycles. The molecule has 26 heavy (non-hydrogen) atoms. The number of thiazole rings is 1. The van der Waals surface area contributed by atoms with Crippen molar-refractivity contribution in [3.63, 3.8) is 0 Å². The molecule has 5 aromatic rings. The molecule has 4 heteroatoms. The molecule has 3 aromatic carbocycles. The van der Waals surface area contributed by atoms with Gasteiger partial charge in [0, 0.05) is 11.1 Å². The molecule has 3 nitrogen and oxygen atoms in total. The van der Waals surface area contributed by atoms with E-state index in [1.54, 1.807) is 11.3 Å². The van der Waals surface area contributed by atoms with E-state index in [2.05, 4.69) is 36.4 Å². The second kappa shape index (κ2) is 6.24. The number of hydrogen-bond donors (Lipinski definition) is 0. The van der Waals surface area contributed by atoms with Crippen molar-refractivity contribution in [1.29, 1.82) is 0 Å². The van der Waals surface area contributed by atoms with Crippen LogP contribution in [-0.4, -0.2) is 14.8 Å². The molecule has 0 spiro atoms. The summed E-state index contributed by atoms with van der Waals surface area (Å²) in [5, 5.41) is 5.77. The first-order valence-electron chi connectivity index (χ1n) is 8.45. The van der Waals surface area contributed by atoms with E-state index in [0.717, 1.165) is 33.2 Å². The second-order valence-electron chi connectivity index (χ2n) is 6.02. The third-order valence-electron chi connectivity index (χ3n) is 4.31. The van der Waals surface area contributed by atoms with Gasteiger partial charge >= 0.3 is 0 Å². The van der Waals surface area contributed by atoms with Gasteiger partial charge in [0.15, 0.2) is 0 Å². The van der Waals surface area contributed by atoms with Crippen LogP contribution in [0.3, 0.4) is 0 Å². The fourth-order valence-corrected chi connectivity index (χ4v) is 3.97. The molecular formula is C22H15N3S. The monoisotopic (exact) mass is 353 g/mol. The number of benzene rings is 3. The highest BCUT2D eigenvalue weighted by molar-refractivity contribution is 7.20. The maximum atomic E-state index is 4.89. The smallest absolute Gasteiger partial charge is 0.212 e. The highest BCUT2D eigenvalue weighted by atomic mass is 32.1. The summed E-state index contributed by atoms with van der Waals surface area (Å²) in [7, 11) is 0. The second-order valence-corrected chi connectivity index (χ2v) is 7.03. The van der Waals surface area contributed by atoms with Crippen molar-refractivity contribution in [2.75, 3.05) is 0 Å². The SMILES string of the molecule is c1ccc(-c2cc(-c3ccccc3)n(-c3nc4ccccc4s3)n2)cc1. The number of hydrogen-bond acceptors (Lipinski definition) is 3. The summed E-state index contributed by atoms with van der Waals surface area (Å²) in [4.78, 5) is 4.80. The molecule has 0 radical (unpaired) electrons. The van der Waals surface area contributed by atoms with Crippen molar-refractivity contribution in [1.82, 2.24) is 14.8 Å². The van der Waals surface area contributed by atoms with Gasteiger partial charge in [-0.3, -0.25) is 0 Å². The molecular weight excluding hydrogens is 338 g/mol. The topological polar surface area (TPSA) is 30.7 Å². The lowest BCUT2D eigenvalue weighted by atomic mass is 10.1. The zero-order valence-corrected chi connectivity index (χ0v) is 14.7. The van der Waals surface area contributed by atoms with Crippen LogP contribution in [0.25, 0.3) is 37.9 Å². The first kappa shape index (κ1) is 15.0. The Hall–Kier alpha value is -3.24. The molecule has 2 aromatic heterocycles. The minimum absolute atomic E-state index is 0.882. The molecule has 2 heterocycles. The van der Waals surface area contributed by atoms with Crippen molar-refractivity contribution in [2.24, 2.45) is 0 Å². The Balaban J connectivity index is 1.73. The molecule has 0 aliphatic heterocycles. The Morgan fingerprint density at radius 3 is 2.08 bits per heavy atom. The molecule has 0 amide bonds. The average Bonchev–Trinajstić information content (AvgIpc) is 3.33. The van der Waals surface area contributed by atoms with E-state index >= 15 is 0 Å². The van der Waals surface area contributed by atoms with Crippen molar-refractivity contribution in [3.05, 3.63) is 91.0 Å². The maximum absolute atomic E-state index is 4.89. The average molecular weight is 353 g/mol. The van der Waals surface area contributed by atoms with Gasteiger partial charge < -0.3 is 0 Å². The van der Waals surface area contributed by atoms with Gasteiger partial charge in [-0.1, -0.05) is 84.1 Å². The summed E-state index contributed by atoms with van der Waals surface area (Å²) >= 11 is 1.66. The summed E-state index contributed by atoms with van der Waals surface area (Å²) < 4.78 is 3.13. The molecule has 0 fully saturated rings. The van der Waals surface area contributed by atoms with E-state index in [0.29, 0.717) is 0 Å². The normalized spacial score (nSPS) is 11.1. The predicted octanol–water partition coefficient (Wildman–Crippen LogP) is 5.82. The van der Waals surface area contributed by atoms with Gasteiger partial charge in [0.25, 0.3) is 0 Å². The standard InChI is InChI=1S/C22H15N3S/c1-3-9-16(10-4-1)19-15-20(17-11-5-2-6-12-17)25(24-19)22-23-18-13-7-8-14-21(18)26-22/h1-15H. The van der Waals surface area contributed by atoms with Crippen molar-refractivity contribution in [2.45, 2.75) is 0 Å². The maximum Gasteiger partial charge on any atom is 0.212 e. The van der Waals surface area contributed by atoms with Crippen LogP contribution in [0.15, 0.2) is 91.0 Å². The Bertz CT molecular complexity index is 1140. The fourth-order valence-electron chi connectivity index (χ4n) is 3.04. The molecule has 0 aliphatic carbocycles. The Kier molecular flexibility index (Phi) is 3.61. The van der Waals surface area contributed by atoms with E-state index in [-0.39, 0.29) is 0 Å². The molecule has 0 saturated heterocycles. The molecule has 0 N–H and O–H groups in total. The van der Waals surface area contributed by atoms with Crippen LogP contribution >= 0.6 is 11.3 Å². The van der Waals surface area contributed by atoms with Crippen LogP contribution in [-0.2, 0) is 0 Å². The minimum Gasteiger partial charge on any atom is -0.218 e. The molecule has 0 bridgehead atoms. The van der Waals surface area contributed by atoms with Crippen LogP contribution in [0.5, 0.6) is 0 Å². The lowest BCUT2D eigenvalue weighted by Gasteiger charge is -2.03. The number of fused-ring (bicyclic) bond motifs is 1. The number of aromatic nitrogens is 3. The number of nitrogens with zero attached hydrogens (tertiary/aromatic N) is 3. The minimum atomic E-state index is 0.882. The molecule has 0 aliphatic rings. The van der Waals surface area contributed by atoms with Crippen LogP contribution in [0.4, 0.5) is 0 Å². The van der Waals surface area contributed by atoms with E-state index < -0.39 is 0 Å². The van der Waals surface area contributed by atoms with Crippen LogP contribution in [0.2, 0.25) is 0 Å². The van der Waals surface area contributed by atoms with E-state index in [1.165, 1.54) is 4.70 Å². The predicted molar refractivity (Wildman–Crippen MR) is 108 cm³/mol. The molecule has 0 unspecified atom stereocenters. The fraction of sp³-hybridized carbons (Fsp3) is 0. The highest BCUT2D eigenvalue weighted by Gasteiger charge is 2.15. The van der Waals surface area contributed by atoms with Crippen LogP contribution in [0, 0.1) is 0 Å². The lowest BCUT2D eigenvalue weighted by molar-refractivity contribution is 0.884. The van der Waals surface area contributed by atoms with Crippen LogP contribution < -0.4 is 0 Å². The van der Waals surface area contributed by atoms with Gasteiger partial charge in [-0.05, 0) is 18.2 Å². The molecule has 124 valence electrons. The number of rotatable bonds is 3.